The minimum Gasteiger partial charge on any atom is -0.507 e. The number of amides is 1. The van der Waals surface area contributed by atoms with Crippen molar-refractivity contribution < 1.29 is 19.4 Å². The summed E-state index contributed by atoms with van der Waals surface area (Å²) >= 11 is 3.31. The maximum atomic E-state index is 12.3. The van der Waals surface area contributed by atoms with Crippen molar-refractivity contribution in [3.8, 4) is 28.5 Å². The van der Waals surface area contributed by atoms with Gasteiger partial charge in [-0.3, -0.25) is 9.89 Å². The van der Waals surface area contributed by atoms with Crippen LogP contribution in [0.15, 0.2) is 52.0 Å². The molecule has 0 aliphatic carbocycles. The van der Waals surface area contributed by atoms with Crippen molar-refractivity contribution in [1.29, 1.82) is 0 Å². The van der Waals surface area contributed by atoms with E-state index in [0.29, 0.717) is 28.3 Å². The van der Waals surface area contributed by atoms with Crippen molar-refractivity contribution in [1.82, 2.24) is 15.6 Å². The molecule has 0 bridgehead atoms. The van der Waals surface area contributed by atoms with Crippen LogP contribution >= 0.6 is 15.9 Å². The summed E-state index contributed by atoms with van der Waals surface area (Å²) < 4.78 is 11.4. The molecule has 0 fully saturated rings. The molecule has 3 N–H and O–H groups in total. The summed E-state index contributed by atoms with van der Waals surface area (Å²) in [5.74, 6) is 0.812. The minimum atomic E-state index is -0.480. The summed E-state index contributed by atoms with van der Waals surface area (Å²) in [5.41, 5.74) is 4.27. The molecular formula is C19H17BrN4O4. The summed E-state index contributed by atoms with van der Waals surface area (Å²) in [6.07, 6.45) is 1.35. The predicted octanol–water partition coefficient (Wildman–Crippen LogP) is 3.33. The van der Waals surface area contributed by atoms with Gasteiger partial charge in [-0.1, -0.05) is 15.9 Å². The molecule has 2 aromatic carbocycles. The molecule has 0 atom stereocenters. The molecule has 3 rings (SSSR count). The molecule has 1 amide bonds. The molecule has 1 heterocycles. The normalized spacial score (nSPS) is 10.8. The van der Waals surface area contributed by atoms with Crippen LogP contribution in [-0.4, -0.2) is 41.6 Å². The predicted molar refractivity (Wildman–Crippen MR) is 108 cm³/mol. The number of aromatic nitrogens is 2. The number of halogens is 1. The van der Waals surface area contributed by atoms with Crippen LogP contribution in [0, 0.1) is 0 Å². The van der Waals surface area contributed by atoms with Gasteiger partial charge < -0.3 is 14.6 Å². The Labute approximate surface area is 169 Å². The van der Waals surface area contributed by atoms with E-state index in [1.165, 1.54) is 12.3 Å². The number of hydrazone groups is 1. The zero-order chi connectivity index (χ0) is 20.1. The van der Waals surface area contributed by atoms with Gasteiger partial charge in [0.1, 0.15) is 22.9 Å². The monoisotopic (exact) mass is 444 g/mol. The van der Waals surface area contributed by atoms with Crippen molar-refractivity contribution in [3.05, 3.63) is 58.2 Å². The molecule has 0 aliphatic rings. The van der Waals surface area contributed by atoms with Crippen LogP contribution < -0.4 is 14.9 Å². The van der Waals surface area contributed by atoms with E-state index in [1.807, 2.05) is 0 Å². The first-order valence-electron chi connectivity index (χ1n) is 8.11. The minimum absolute atomic E-state index is 0.0511. The third-order valence-corrected chi connectivity index (χ3v) is 4.36. The van der Waals surface area contributed by atoms with Gasteiger partial charge in [-0.2, -0.15) is 10.2 Å². The number of aromatic hydroxyl groups is 1. The smallest absolute Gasteiger partial charge is 0.289 e. The Morgan fingerprint density at radius 2 is 2.04 bits per heavy atom. The number of rotatable bonds is 6. The molecule has 0 spiro atoms. The van der Waals surface area contributed by atoms with Gasteiger partial charge in [-0.25, -0.2) is 5.43 Å². The topological polar surface area (TPSA) is 109 Å². The van der Waals surface area contributed by atoms with Crippen LogP contribution in [-0.2, 0) is 0 Å². The number of ether oxygens (including phenoxy) is 2. The maximum Gasteiger partial charge on any atom is 0.289 e. The van der Waals surface area contributed by atoms with Gasteiger partial charge in [0, 0.05) is 15.6 Å². The van der Waals surface area contributed by atoms with Crippen LogP contribution in [0.5, 0.6) is 17.2 Å². The fourth-order valence-electron chi connectivity index (χ4n) is 2.44. The lowest BCUT2D eigenvalue weighted by Crippen LogP contribution is -2.18. The van der Waals surface area contributed by atoms with Crippen molar-refractivity contribution in [3.63, 3.8) is 0 Å². The third kappa shape index (κ3) is 4.32. The van der Waals surface area contributed by atoms with Crippen molar-refractivity contribution >= 4 is 28.1 Å². The van der Waals surface area contributed by atoms with Crippen molar-refractivity contribution in [2.24, 2.45) is 5.10 Å². The Hall–Kier alpha value is -3.33. The lowest BCUT2D eigenvalue weighted by molar-refractivity contribution is 0.0950. The standard InChI is InChI=1S/C19H17BrN4O4/c1-27-13-4-6-18(28-2)14(8-13)15-9-16(23-22-15)19(26)24-21-10-11-7-12(20)3-5-17(11)25/h3-10,25H,1-2H3,(H,22,23)(H,24,26)/b21-10-. The highest BCUT2D eigenvalue weighted by molar-refractivity contribution is 9.10. The fraction of sp³-hybridized carbons (Fsp3) is 0.105. The Morgan fingerprint density at radius 1 is 1.21 bits per heavy atom. The summed E-state index contributed by atoms with van der Waals surface area (Å²) in [6, 6.07) is 11.8. The van der Waals surface area contributed by atoms with Crippen LogP contribution in [0.3, 0.4) is 0 Å². The molecule has 0 aliphatic heterocycles. The number of carbonyl (C=O) groups is 1. The zero-order valence-electron chi connectivity index (χ0n) is 15.1. The van der Waals surface area contributed by atoms with Crippen molar-refractivity contribution in [2.45, 2.75) is 0 Å². The van der Waals surface area contributed by atoms with E-state index in [-0.39, 0.29) is 11.4 Å². The highest BCUT2D eigenvalue weighted by atomic mass is 79.9. The fourth-order valence-corrected chi connectivity index (χ4v) is 2.82. The number of phenolic OH excluding ortho intramolecular Hbond substituents is 1. The van der Waals surface area contributed by atoms with Crippen LogP contribution in [0.25, 0.3) is 11.3 Å². The molecule has 0 radical (unpaired) electrons. The van der Waals surface area contributed by atoms with E-state index in [1.54, 1.807) is 50.6 Å². The highest BCUT2D eigenvalue weighted by Gasteiger charge is 2.14. The molecule has 9 heteroatoms. The lowest BCUT2D eigenvalue weighted by atomic mass is 10.1. The number of aromatic amines is 1. The van der Waals surface area contributed by atoms with E-state index in [4.69, 9.17) is 9.47 Å². The second kappa shape index (κ2) is 8.57. The molecule has 28 heavy (non-hydrogen) atoms. The first-order chi connectivity index (χ1) is 13.5. The molecule has 144 valence electrons. The van der Waals surface area contributed by atoms with Gasteiger partial charge in [0.25, 0.3) is 5.91 Å². The first kappa shape index (κ1) is 19.4. The Kier molecular flexibility index (Phi) is 5.95. The Balaban J connectivity index is 1.76. The summed E-state index contributed by atoms with van der Waals surface area (Å²) in [4.78, 5) is 12.3. The number of hydrogen-bond acceptors (Lipinski definition) is 6. The molecule has 0 saturated carbocycles. The van der Waals surface area contributed by atoms with Gasteiger partial charge in [0.05, 0.1) is 26.1 Å². The number of nitrogens with zero attached hydrogens (tertiary/aromatic N) is 2. The number of carbonyl (C=O) groups excluding carboxylic acids is 1. The number of hydrogen-bond donors (Lipinski definition) is 3. The molecule has 1 aromatic heterocycles. The Bertz CT molecular complexity index is 1030. The number of H-pyrrole nitrogens is 1. The number of phenols is 1. The van der Waals surface area contributed by atoms with Gasteiger partial charge in [0.15, 0.2) is 0 Å². The lowest BCUT2D eigenvalue weighted by Gasteiger charge is -2.08. The SMILES string of the molecule is COc1ccc(OC)c(-c2cc(C(=O)N/N=C\c3cc(Br)ccc3O)[nH]n2)c1. The zero-order valence-corrected chi connectivity index (χ0v) is 16.6. The molecule has 0 saturated heterocycles. The number of benzene rings is 2. The van der Waals surface area contributed by atoms with Crippen molar-refractivity contribution in [2.75, 3.05) is 14.2 Å². The summed E-state index contributed by atoms with van der Waals surface area (Å²) in [5, 5.41) is 20.5. The van der Waals surface area contributed by atoms with E-state index in [0.717, 1.165) is 4.47 Å². The van der Waals surface area contributed by atoms with E-state index >= 15 is 0 Å². The maximum absolute atomic E-state index is 12.3. The largest absolute Gasteiger partial charge is 0.507 e. The van der Waals surface area contributed by atoms with Crippen LogP contribution in [0.1, 0.15) is 16.1 Å². The van der Waals surface area contributed by atoms with Crippen LogP contribution in [0.4, 0.5) is 0 Å². The third-order valence-electron chi connectivity index (χ3n) is 3.86. The van der Waals surface area contributed by atoms with Gasteiger partial charge in [-0.05, 0) is 42.5 Å². The van der Waals surface area contributed by atoms with E-state index in [2.05, 4.69) is 36.7 Å². The second-order valence-electron chi connectivity index (χ2n) is 5.64. The second-order valence-corrected chi connectivity index (χ2v) is 6.55. The summed E-state index contributed by atoms with van der Waals surface area (Å²) in [6.45, 7) is 0. The Morgan fingerprint density at radius 3 is 2.79 bits per heavy atom. The van der Waals surface area contributed by atoms with E-state index < -0.39 is 5.91 Å². The average Bonchev–Trinajstić information content (AvgIpc) is 3.20. The quantitative estimate of drug-likeness (QED) is 0.399. The molecule has 8 nitrogen and oxygen atoms in total. The van der Waals surface area contributed by atoms with Gasteiger partial charge in [-0.15, -0.1) is 0 Å². The average molecular weight is 445 g/mol. The first-order valence-corrected chi connectivity index (χ1v) is 8.91. The highest BCUT2D eigenvalue weighted by Crippen LogP contribution is 2.32. The van der Waals surface area contributed by atoms with Crippen LogP contribution in [0.2, 0.25) is 0 Å². The van der Waals surface area contributed by atoms with E-state index in [9.17, 15) is 9.90 Å². The summed E-state index contributed by atoms with van der Waals surface area (Å²) in [7, 11) is 3.12. The van der Waals surface area contributed by atoms with Gasteiger partial charge >= 0.3 is 0 Å². The molecule has 0 unspecified atom stereocenters. The number of nitrogens with one attached hydrogen (secondary N) is 2. The molecular weight excluding hydrogens is 428 g/mol. The van der Waals surface area contributed by atoms with Gasteiger partial charge in [0.2, 0.25) is 0 Å². The molecule has 3 aromatic rings. The number of methoxy groups -OCH3 is 2.